The van der Waals surface area contributed by atoms with E-state index in [0.29, 0.717) is 5.69 Å². The molecule has 0 aliphatic rings. The lowest BCUT2D eigenvalue weighted by molar-refractivity contribution is -0.384. The SMILES string of the molecule is Cc1c(C(=O)Nc2ccc(N(C)C)cc2C(F)(F)F)nnn1-c1cccc([N+](=O)[O-])c1. The number of carbonyl (C=O) groups is 1. The average Bonchev–Trinajstić information content (AvgIpc) is 3.08. The first-order valence-corrected chi connectivity index (χ1v) is 8.86. The summed E-state index contributed by atoms with van der Waals surface area (Å²) in [6.07, 6.45) is -4.69. The molecule has 2 aromatic carbocycles. The van der Waals surface area contributed by atoms with Gasteiger partial charge in [-0.1, -0.05) is 11.3 Å². The van der Waals surface area contributed by atoms with E-state index in [0.717, 1.165) is 12.1 Å². The predicted octanol–water partition coefficient (Wildman–Crippen LogP) is 3.82. The number of alkyl halides is 3. The first-order chi connectivity index (χ1) is 14.5. The number of halogens is 3. The van der Waals surface area contributed by atoms with Crippen LogP contribution in [0.3, 0.4) is 0 Å². The van der Waals surface area contributed by atoms with Gasteiger partial charge in [0.15, 0.2) is 5.69 Å². The molecule has 0 unspecified atom stereocenters. The number of nitrogens with zero attached hydrogens (tertiary/aromatic N) is 5. The molecule has 0 saturated carbocycles. The number of non-ortho nitro benzene ring substituents is 1. The Balaban J connectivity index is 1.94. The maximum Gasteiger partial charge on any atom is 0.418 e. The van der Waals surface area contributed by atoms with Crippen molar-refractivity contribution in [3.63, 3.8) is 0 Å². The van der Waals surface area contributed by atoms with Gasteiger partial charge in [-0.3, -0.25) is 14.9 Å². The van der Waals surface area contributed by atoms with Crippen LogP contribution in [0.25, 0.3) is 5.69 Å². The largest absolute Gasteiger partial charge is 0.418 e. The third kappa shape index (κ3) is 4.47. The molecular formula is C19H17F3N6O3. The fourth-order valence-corrected chi connectivity index (χ4v) is 2.86. The molecule has 0 saturated heterocycles. The van der Waals surface area contributed by atoms with Gasteiger partial charge in [0.05, 0.1) is 27.6 Å². The van der Waals surface area contributed by atoms with Gasteiger partial charge in [-0.15, -0.1) is 5.10 Å². The zero-order valence-corrected chi connectivity index (χ0v) is 16.6. The molecule has 0 fully saturated rings. The smallest absolute Gasteiger partial charge is 0.378 e. The molecule has 12 heteroatoms. The Morgan fingerprint density at radius 2 is 1.90 bits per heavy atom. The van der Waals surface area contributed by atoms with Gasteiger partial charge in [-0.2, -0.15) is 13.2 Å². The highest BCUT2D eigenvalue weighted by atomic mass is 19.4. The van der Waals surface area contributed by atoms with Gasteiger partial charge >= 0.3 is 6.18 Å². The third-order valence-electron chi connectivity index (χ3n) is 4.47. The Labute approximate surface area is 174 Å². The van der Waals surface area contributed by atoms with Crippen molar-refractivity contribution in [1.29, 1.82) is 0 Å². The summed E-state index contributed by atoms with van der Waals surface area (Å²) < 4.78 is 41.7. The standard InChI is InChI=1S/C19H17F3N6O3/c1-11-17(24-25-27(11)13-5-4-6-14(9-13)28(30)31)18(29)23-16-8-7-12(26(2)3)10-15(16)19(20,21)22/h4-10H,1-3H3,(H,23,29). The first kappa shape index (κ1) is 21.7. The highest BCUT2D eigenvalue weighted by Crippen LogP contribution is 2.37. The summed E-state index contributed by atoms with van der Waals surface area (Å²) in [5, 5.41) is 20.8. The Morgan fingerprint density at radius 3 is 2.52 bits per heavy atom. The maximum absolute atomic E-state index is 13.5. The van der Waals surface area contributed by atoms with Crippen molar-refractivity contribution in [2.24, 2.45) is 0 Å². The lowest BCUT2D eigenvalue weighted by atomic mass is 10.1. The van der Waals surface area contributed by atoms with Crippen molar-refractivity contribution in [2.75, 3.05) is 24.3 Å². The van der Waals surface area contributed by atoms with E-state index in [2.05, 4.69) is 15.6 Å². The number of benzene rings is 2. The number of anilines is 2. The van der Waals surface area contributed by atoms with E-state index in [1.54, 1.807) is 14.1 Å². The zero-order chi connectivity index (χ0) is 22.9. The lowest BCUT2D eigenvalue weighted by Crippen LogP contribution is -2.19. The van der Waals surface area contributed by atoms with Gasteiger partial charge in [0.25, 0.3) is 11.6 Å². The van der Waals surface area contributed by atoms with Crippen molar-refractivity contribution in [3.8, 4) is 5.69 Å². The maximum atomic E-state index is 13.5. The van der Waals surface area contributed by atoms with E-state index in [9.17, 15) is 28.1 Å². The molecule has 1 aromatic heterocycles. The topological polar surface area (TPSA) is 106 Å². The van der Waals surface area contributed by atoms with E-state index < -0.39 is 28.3 Å². The minimum absolute atomic E-state index is 0.186. The number of nitro benzene ring substituents is 1. The molecule has 0 atom stereocenters. The van der Waals surface area contributed by atoms with Crippen molar-refractivity contribution < 1.29 is 22.9 Å². The van der Waals surface area contributed by atoms with Gasteiger partial charge < -0.3 is 10.2 Å². The molecular weight excluding hydrogens is 417 g/mol. The first-order valence-electron chi connectivity index (χ1n) is 8.86. The molecule has 1 N–H and O–H groups in total. The number of nitro groups is 1. The van der Waals surface area contributed by atoms with Gasteiger partial charge in [-0.05, 0) is 31.2 Å². The summed E-state index contributed by atoms with van der Waals surface area (Å²) in [6, 6.07) is 9.04. The molecule has 1 amide bonds. The lowest BCUT2D eigenvalue weighted by Gasteiger charge is -2.18. The van der Waals surface area contributed by atoms with Crippen LogP contribution >= 0.6 is 0 Å². The normalized spacial score (nSPS) is 11.3. The molecule has 0 bridgehead atoms. The predicted molar refractivity (Wildman–Crippen MR) is 106 cm³/mol. The van der Waals surface area contributed by atoms with Gasteiger partial charge in [0, 0.05) is 31.9 Å². The molecule has 0 radical (unpaired) electrons. The molecule has 31 heavy (non-hydrogen) atoms. The van der Waals surface area contributed by atoms with Crippen LogP contribution in [0.15, 0.2) is 42.5 Å². The average molecular weight is 434 g/mol. The second-order valence-corrected chi connectivity index (χ2v) is 6.79. The highest BCUT2D eigenvalue weighted by Gasteiger charge is 2.35. The fourth-order valence-electron chi connectivity index (χ4n) is 2.86. The Kier molecular flexibility index (Phi) is 5.64. The second kappa shape index (κ2) is 8.05. The Bertz CT molecular complexity index is 1160. The number of aromatic nitrogens is 3. The van der Waals surface area contributed by atoms with Crippen molar-refractivity contribution >= 4 is 23.0 Å². The molecule has 3 aromatic rings. The van der Waals surface area contributed by atoms with Crippen LogP contribution in [-0.2, 0) is 6.18 Å². The number of hydrogen-bond donors (Lipinski definition) is 1. The van der Waals surface area contributed by atoms with E-state index in [1.807, 2.05) is 0 Å². The number of amides is 1. The van der Waals surface area contributed by atoms with Gasteiger partial charge in [0.2, 0.25) is 0 Å². The number of carbonyl (C=O) groups excluding carboxylic acids is 1. The van der Waals surface area contributed by atoms with Crippen LogP contribution in [0.1, 0.15) is 21.7 Å². The number of rotatable bonds is 5. The Morgan fingerprint density at radius 1 is 1.19 bits per heavy atom. The summed E-state index contributed by atoms with van der Waals surface area (Å²) in [5.41, 5.74) is -1.02. The molecule has 0 aliphatic heterocycles. The van der Waals surface area contributed by atoms with Crippen LogP contribution < -0.4 is 10.2 Å². The summed E-state index contributed by atoms with van der Waals surface area (Å²) in [7, 11) is 3.20. The number of nitrogens with one attached hydrogen (secondary N) is 1. The summed E-state index contributed by atoms with van der Waals surface area (Å²) in [4.78, 5) is 24.5. The van der Waals surface area contributed by atoms with Crippen LogP contribution in [0.5, 0.6) is 0 Å². The fraction of sp³-hybridized carbons (Fsp3) is 0.211. The summed E-state index contributed by atoms with van der Waals surface area (Å²) in [5.74, 6) is -0.891. The van der Waals surface area contributed by atoms with Gasteiger partial charge in [0.1, 0.15) is 0 Å². The Hall–Kier alpha value is -3.96. The highest BCUT2D eigenvalue weighted by molar-refractivity contribution is 6.04. The summed E-state index contributed by atoms with van der Waals surface area (Å²) in [6.45, 7) is 1.48. The minimum atomic E-state index is -4.69. The van der Waals surface area contributed by atoms with E-state index in [1.165, 1.54) is 46.8 Å². The van der Waals surface area contributed by atoms with Crippen LogP contribution in [-0.4, -0.2) is 39.9 Å². The molecule has 0 aliphatic carbocycles. The van der Waals surface area contributed by atoms with Crippen molar-refractivity contribution in [3.05, 3.63) is 69.5 Å². The molecule has 1 heterocycles. The molecule has 162 valence electrons. The van der Waals surface area contributed by atoms with E-state index in [4.69, 9.17) is 0 Å². The molecule has 9 nitrogen and oxygen atoms in total. The van der Waals surface area contributed by atoms with Crippen LogP contribution in [0.2, 0.25) is 0 Å². The number of hydrogen-bond acceptors (Lipinski definition) is 6. The molecule has 3 rings (SSSR count). The van der Waals surface area contributed by atoms with Gasteiger partial charge in [-0.25, -0.2) is 4.68 Å². The monoisotopic (exact) mass is 434 g/mol. The van der Waals surface area contributed by atoms with E-state index >= 15 is 0 Å². The molecule has 0 spiro atoms. The quantitative estimate of drug-likeness (QED) is 0.483. The van der Waals surface area contributed by atoms with E-state index in [-0.39, 0.29) is 22.8 Å². The second-order valence-electron chi connectivity index (χ2n) is 6.79. The zero-order valence-electron chi connectivity index (χ0n) is 16.6. The van der Waals surface area contributed by atoms with Crippen molar-refractivity contribution in [2.45, 2.75) is 13.1 Å². The summed E-state index contributed by atoms with van der Waals surface area (Å²) >= 11 is 0. The minimum Gasteiger partial charge on any atom is -0.378 e. The van der Waals surface area contributed by atoms with Crippen molar-refractivity contribution in [1.82, 2.24) is 15.0 Å². The van der Waals surface area contributed by atoms with Crippen LogP contribution in [0.4, 0.5) is 30.2 Å². The third-order valence-corrected chi connectivity index (χ3v) is 4.47. The van der Waals surface area contributed by atoms with Crippen LogP contribution in [0, 0.1) is 17.0 Å².